The highest BCUT2D eigenvalue weighted by Crippen LogP contribution is 2.39. The third-order valence-corrected chi connectivity index (χ3v) is 5.92. The number of carbonyl (C=O) groups is 1. The van der Waals surface area contributed by atoms with Crippen molar-refractivity contribution in [3.8, 4) is 5.75 Å². The first-order chi connectivity index (χ1) is 14.6. The summed E-state index contributed by atoms with van der Waals surface area (Å²) >= 11 is 0. The Morgan fingerprint density at radius 2 is 1.60 bits per heavy atom. The van der Waals surface area contributed by atoms with Gasteiger partial charge in [-0.15, -0.1) is 0 Å². The molecule has 4 nitrogen and oxygen atoms in total. The van der Waals surface area contributed by atoms with Crippen LogP contribution in [0.3, 0.4) is 0 Å². The van der Waals surface area contributed by atoms with Crippen LogP contribution in [0.5, 0.6) is 5.75 Å². The van der Waals surface area contributed by atoms with E-state index in [0.29, 0.717) is 6.61 Å². The van der Waals surface area contributed by atoms with Crippen LogP contribution in [0.25, 0.3) is 10.9 Å². The number of ether oxygens (including phenoxy) is 2. The minimum absolute atomic E-state index is 0.210. The summed E-state index contributed by atoms with van der Waals surface area (Å²) in [5.41, 5.74) is 2.43. The average Bonchev–Trinajstić information content (AvgIpc) is 2.74. The highest BCUT2D eigenvalue weighted by molar-refractivity contribution is 5.78. The number of carbonyl (C=O) groups excluding carboxylic acids is 1. The van der Waals surface area contributed by atoms with Crippen LogP contribution in [0.2, 0.25) is 0 Å². The lowest BCUT2D eigenvalue weighted by Crippen LogP contribution is -2.32. The summed E-state index contributed by atoms with van der Waals surface area (Å²) in [7, 11) is 0. The van der Waals surface area contributed by atoms with E-state index in [1.165, 1.54) is 26.2 Å². The lowest BCUT2D eigenvalue weighted by Gasteiger charge is -2.35. The number of benzene rings is 2. The van der Waals surface area contributed by atoms with Gasteiger partial charge in [-0.2, -0.15) is 0 Å². The van der Waals surface area contributed by atoms with E-state index in [4.69, 9.17) is 9.47 Å². The van der Waals surface area contributed by atoms with E-state index in [0.717, 1.165) is 53.6 Å². The third kappa shape index (κ3) is 4.81. The van der Waals surface area contributed by atoms with Gasteiger partial charge < -0.3 is 9.47 Å². The number of para-hydroxylation sites is 1. The Hall–Kier alpha value is -2.88. The Labute approximate surface area is 178 Å². The molecule has 2 aromatic carbocycles. The number of aromatic nitrogens is 1. The molecule has 1 aliphatic rings. The molecule has 4 heteroatoms. The normalized spacial score (nSPS) is 16.4. The Bertz CT molecular complexity index is 989. The Morgan fingerprint density at radius 1 is 0.900 bits per heavy atom. The molecule has 30 heavy (non-hydrogen) atoms. The fraction of sp³-hybridized carbons (Fsp3) is 0.385. The van der Waals surface area contributed by atoms with Crippen LogP contribution in [0.1, 0.15) is 63.1 Å². The summed E-state index contributed by atoms with van der Waals surface area (Å²) in [6, 6.07) is 20.2. The lowest BCUT2D eigenvalue weighted by atomic mass is 9.81. The van der Waals surface area contributed by atoms with E-state index in [-0.39, 0.29) is 5.97 Å². The van der Waals surface area contributed by atoms with E-state index in [2.05, 4.69) is 17.1 Å². The van der Waals surface area contributed by atoms with E-state index in [9.17, 15) is 4.79 Å². The first-order valence-electron chi connectivity index (χ1n) is 10.9. The minimum atomic E-state index is -0.509. The van der Waals surface area contributed by atoms with Gasteiger partial charge in [0.1, 0.15) is 18.0 Å². The molecule has 0 spiro atoms. The molecular weight excluding hydrogens is 374 g/mol. The zero-order valence-corrected chi connectivity index (χ0v) is 17.6. The van der Waals surface area contributed by atoms with Gasteiger partial charge in [-0.3, -0.25) is 4.79 Å². The van der Waals surface area contributed by atoms with Crippen molar-refractivity contribution < 1.29 is 14.3 Å². The van der Waals surface area contributed by atoms with E-state index in [1.54, 1.807) is 0 Å². The quantitative estimate of drug-likeness (QED) is 0.468. The largest absolute Gasteiger partial charge is 0.487 e. The molecule has 156 valence electrons. The predicted octanol–water partition coefficient (Wildman–Crippen LogP) is 6.32. The second kappa shape index (κ2) is 9.29. The van der Waals surface area contributed by atoms with Gasteiger partial charge in [0, 0.05) is 12.3 Å². The number of hydrogen-bond donors (Lipinski definition) is 0. The summed E-state index contributed by atoms with van der Waals surface area (Å²) in [6.07, 6.45) is 7.59. The van der Waals surface area contributed by atoms with Crippen LogP contribution in [-0.2, 0) is 21.7 Å². The van der Waals surface area contributed by atoms with Gasteiger partial charge in [-0.25, -0.2) is 4.98 Å². The molecule has 0 aliphatic heterocycles. The van der Waals surface area contributed by atoms with Crippen molar-refractivity contribution >= 4 is 16.9 Å². The Morgan fingerprint density at radius 3 is 2.33 bits per heavy atom. The summed E-state index contributed by atoms with van der Waals surface area (Å²) in [4.78, 5) is 16.5. The molecule has 4 rings (SSSR count). The van der Waals surface area contributed by atoms with Crippen LogP contribution in [0.4, 0.5) is 0 Å². The van der Waals surface area contributed by atoms with Gasteiger partial charge in [0.05, 0.1) is 11.2 Å². The number of nitrogens with zero attached hydrogens (tertiary/aromatic N) is 1. The van der Waals surface area contributed by atoms with Gasteiger partial charge >= 0.3 is 5.97 Å². The number of fused-ring (bicyclic) bond motifs is 1. The maximum Gasteiger partial charge on any atom is 0.303 e. The highest BCUT2D eigenvalue weighted by atomic mass is 16.6. The van der Waals surface area contributed by atoms with Crippen LogP contribution < -0.4 is 4.74 Å². The smallest absolute Gasteiger partial charge is 0.303 e. The van der Waals surface area contributed by atoms with Crippen molar-refractivity contribution in [3.05, 3.63) is 71.9 Å². The molecular formula is C26H29NO3. The van der Waals surface area contributed by atoms with E-state index in [1.807, 2.05) is 48.5 Å². The van der Waals surface area contributed by atoms with Crippen molar-refractivity contribution in [1.29, 1.82) is 0 Å². The fourth-order valence-corrected chi connectivity index (χ4v) is 4.40. The second-order valence-electron chi connectivity index (χ2n) is 8.16. The van der Waals surface area contributed by atoms with Gasteiger partial charge in [-0.1, -0.05) is 55.7 Å². The molecule has 1 aliphatic carbocycles. The van der Waals surface area contributed by atoms with Crippen molar-refractivity contribution in [2.24, 2.45) is 0 Å². The van der Waals surface area contributed by atoms with Crippen LogP contribution >= 0.6 is 0 Å². The Kier molecular flexibility index (Phi) is 6.32. The SMILES string of the molecule is CC(=O)OC1(c2ccc(OCc3ccc4ccccc4n3)cc2)CCCCCCC1. The zero-order valence-electron chi connectivity index (χ0n) is 17.6. The second-order valence-corrected chi connectivity index (χ2v) is 8.16. The van der Waals surface area contributed by atoms with Crippen LogP contribution in [-0.4, -0.2) is 11.0 Å². The zero-order chi connectivity index (χ0) is 20.8. The molecule has 1 fully saturated rings. The molecule has 0 N–H and O–H groups in total. The first kappa shape index (κ1) is 20.4. The molecule has 1 heterocycles. The number of pyridine rings is 1. The number of hydrogen-bond acceptors (Lipinski definition) is 4. The summed E-state index contributed by atoms with van der Waals surface area (Å²) in [6.45, 7) is 1.92. The highest BCUT2D eigenvalue weighted by Gasteiger charge is 2.35. The van der Waals surface area contributed by atoms with Crippen molar-refractivity contribution in [1.82, 2.24) is 4.98 Å². The van der Waals surface area contributed by atoms with Crippen LogP contribution in [0.15, 0.2) is 60.7 Å². The molecule has 0 radical (unpaired) electrons. The Balaban J connectivity index is 1.47. The van der Waals surface area contributed by atoms with Gasteiger partial charge in [0.25, 0.3) is 0 Å². The summed E-state index contributed by atoms with van der Waals surface area (Å²) in [5, 5.41) is 1.13. The average molecular weight is 404 g/mol. The summed E-state index contributed by atoms with van der Waals surface area (Å²) < 4.78 is 11.9. The molecule has 3 aromatic rings. The van der Waals surface area contributed by atoms with Crippen molar-refractivity contribution in [2.75, 3.05) is 0 Å². The minimum Gasteiger partial charge on any atom is -0.487 e. The van der Waals surface area contributed by atoms with Crippen molar-refractivity contribution in [2.45, 2.75) is 64.1 Å². The lowest BCUT2D eigenvalue weighted by molar-refractivity contribution is -0.161. The van der Waals surface area contributed by atoms with E-state index >= 15 is 0 Å². The van der Waals surface area contributed by atoms with Gasteiger partial charge in [0.2, 0.25) is 0 Å². The maximum atomic E-state index is 11.9. The summed E-state index contributed by atoms with van der Waals surface area (Å²) in [5.74, 6) is 0.579. The molecule has 0 amide bonds. The molecule has 0 saturated heterocycles. The molecule has 0 bridgehead atoms. The standard InChI is InChI=1S/C26H29NO3/c1-20(28)30-26(17-7-3-2-4-8-18-26)22-12-15-24(16-13-22)29-19-23-14-11-21-9-5-6-10-25(21)27-23/h5-6,9-16H,2-4,7-8,17-19H2,1H3. The maximum absolute atomic E-state index is 11.9. The molecule has 0 atom stereocenters. The van der Waals surface area contributed by atoms with Gasteiger partial charge in [0.15, 0.2) is 0 Å². The fourth-order valence-electron chi connectivity index (χ4n) is 4.40. The van der Waals surface area contributed by atoms with E-state index < -0.39 is 5.60 Å². The van der Waals surface area contributed by atoms with Gasteiger partial charge in [-0.05, 0) is 55.5 Å². The number of esters is 1. The first-order valence-corrected chi connectivity index (χ1v) is 10.9. The third-order valence-electron chi connectivity index (χ3n) is 5.92. The monoisotopic (exact) mass is 403 g/mol. The topological polar surface area (TPSA) is 48.4 Å². The number of rotatable bonds is 5. The molecule has 0 unspecified atom stereocenters. The molecule has 1 aromatic heterocycles. The van der Waals surface area contributed by atoms with Crippen molar-refractivity contribution in [3.63, 3.8) is 0 Å². The predicted molar refractivity (Wildman–Crippen MR) is 118 cm³/mol. The van der Waals surface area contributed by atoms with Crippen LogP contribution in [0, 0.1) is 0 Å². The molecule has 1 saturated carbocycles.